The summed E-state index contributed by atoms with van der Waals surface area (Å²) in [6.07, 6.45) is 0. The van der Waals surface area contributed by atoms with E-state index in [-0.39, 0.29) is 0 Å². The van der Waals surface area contributed by atoms with E-state index in [9.17, 15) is 0 Å². The SMILES string of the molecule is CCN(C)CCNc1ccc(C#N)c(Br)c1. The van der Waals surface area contributed by atoms with Crippen molar-refractivity contribution in [3.8, 4) is 6.07 Å². The van der Waals surface area contributed by atoms with E-state index in [1.807, 2.05) is 18.2 Å². The van der Waals surface area contributed by atoms with Crippen molar-refractivity contribution in [2.45, 2.75) is 6.92 Å². The van der Waals surface area contributed by atoms with Gasteiger partial charge in [-0.25, -0.2) is 0 Å². The molecule has 0 aliphatic heterocycles. The summed E-state index contributed by atoms with van der Waals surface area (Å²) in [7, 11) is 2.09. The summed E-state index contributed by atoms with van der Waals surface area (Å²) in [6, 6.07) is 7.80. The highest BCUT2D eigenvalue weighted by molar-refractivity contribution is 9.10. The van der Waals surface area contributed by atoms with Gasteiger partial charge in [-0.2, -0.15) is 5.26 Å². The highest BCUT2D eigenvalue weighted by atomic mass is 79.9. The zero-order chi connectivity index (χ0) is 12.0. The summed E-state index contributed by atoms with van der Waals surface area (Å²) in [5.41, 5.74) is 1.70. The number of nitriles is 1. The van der Waals surface area contributed by atoms with E-state index in [4.69, 9.17) is 5.26 Å². The minimum atomic E-state index is 0.663. The summed E-state index contributed by atoms with van der Waals surface area (Å²) >= 11 is 3.37. The Labute approximate surface area is 105 Å². The van der Waals surface area contributed by atoms with E-state index in [2.05, 4.69) is 46.2 Å². The Morgan fingerprint density at radius 1 is 1.50 bits per heavy atom. The van der Waals surface area contributed by atoms with Gasteiger partial charge in [0.2, 0.25) is 0 Å². The number of hydrogen-bond donors (Lipinski definition) is 1. The summed E-state index contributed by atoms with van der Waals surface area (Å²) < 4.78 is 0.837. The molecular formula is C12H16BrN3. The lowest BCUT2D eigenvalue weighted by atomic mass is 10.2. The Morgan fingerprint density at radius 3 is 2.81 bits per heavy atom. The molecule has 0 radical (unpaired) electrons. The van der Waals surface area contributed by atoms with Crippen LogP contribution in [0.4, 0.5) is 5.69 Å². The van der Waals surface area contributed by atoms with Gasteiger partial charge >= 0.3 is 0 Å². The van der Waals surface area contributed by atoms with Gasteiger partial charge in [-0.1, -0.05) is 6.92 Å². The fraction of sp³-hybridized carbons (Fsp3) is 0.417. The number of hydrogen-bond acceptors (Lipinski definition) is 3. The van der Waals surface area contributed by atoms with Gasteiger partial charge in [0, 0.05) is 23.2 Å². The van der Waals surface area contributed by atoms with Crippen LogP contribution in [0.5, 0.6) is 0 Å². The van der Waals surface area contributed by atoms with Gasteiger partial charge in [0.05, 0.1) is 5.56 Å². The van der Waals surface area contributed by atoms with Crippen molar-refractivity contribution in [2.24, 2.45) is 0 Å². The van der Waals surface area contributed by atoms with E-state index in [1.54, 1.807) is 0 Å². The van der Waals surface area contributed by atoms with Crippen LogP contribution in [0.3, 0.4) is 0 Å². The summed E-state index contributed by atoms with van der Waals surface area (Å²) in [6.45, 7) is 5.11. The van der Waals surface area contributed by atoms with Crippen LogP contribution in [0.15, 0.2) is 22.7 Å². The predicted molar refractivity (Wildman–Crippen MR) is 70.5 cm³/mol. The lowest BCUT2D eigenvalue weighted by molar-refractivity contribution is 0.367. The van der Waals surface area contributed by atoms with Crippen molar-refractivity contribution >= 4 is 21.6 Å². The molecule has 0 amide bonds. The molecule has 0 spiro atoms. The van der Waals surface area contributed by atoms with Gasteiger partial charge in [-0.3, -0.25) is 0 Å². The third kappa shape index (κ3) is 3.84. The van der Waals surface area contributed by atoms with Crippen molar-refractivity contribution in [1.29, 1.82) is 5.26 Å². The van der Waals surface area contributed by atoms with Crippen LogP contribution in [0.1, 0.15) is 12.5 Å². The maximum absolute atomic E-state index is 8.78. The van der Waals surface area contributed by atoms with Crippen molar-refractivity contribution in [3.63, 3.8) is 0 Å². The van der Waals surface area contributed by atoms with E-state index in [0.29, 0.717) is 5.56 Å². The smallest absolute Gasteiger partial charge is 0.100 e. The van der Waals surface area contributed by atoms with Gasteiger partial charge < -0.3 is 10.2 Å². The molecule has 0 atom stereocenters. The van der Waals surface area contributed by atoms with Crippen LogP contribution in [-0.4, -0.2) is 31.6 Å². The lowest BCUT2D eigenvalue weighted by Crippen LogP contribution is -2.24. The Morgan fingerprint density at radius 2 is 2.25 bits per heavy atom. The van der Waals surface area contributed by atoms with Crippen LogP contribution in [-0.2, 0) is 0 Å². The van der Waals surface area contributed by atoms with Crippen molar-refractivity contribution in [3.05, 3.63) is 28.2 Å². The fourth-order valence-electron chi connectivity index (χ4n) is 1.26. The molecule has 0 saturated carbocycles. The Hall–Kier alpha value is -1.05. The molecule has 1 N–H and O–H groups in total. The quantitative estimate of drug-likeness (QED) is 0.902. The summed E-state index contributed by atoms with van der Waals surface area (Å²) in [5, 5.41) is 12.1. The molecule has 0 aromatic heterocycles. The second-order valence-electron chi connectivity index (χ2n) is 3.63. The van der Waals surface area contributed by atoms with E-state index in [1.165, 1.54) is 0 Å². The number of rotatable bonds is 5. The maximum Gasteiger partial charge on any atom is 0.100 e. The molecule has 0 bridgehead atoms. The second-order valence-corrected chi connectivity index (χ2v) is 4.48. The predicted octanol–water partition coefficient (Wildman–Crippen LogP) is 2.68. The summed E-state index contributed by atoms with van der Waals surface area (Å²) in [5.74, 6) is 0. The fourth-order valence-corrected chi connectivity index (χ4v) is 1.73. The maximum atomic E-state index is 8.78. The second kappa shape index (κ2) is 6.51. The molecule has 16 heavy (non-hydrogen) atoms. The zero-order valence-corrected chi connectivity index (χ0v) is 11.2. The minimum absolute atomic E-state index is 0.663. The monoisotopic (exact) mass is 281 g/mol. The lowest BCUT2D eigenvalue weighted by Gasteiger charge is -2.14. The highest BCUT2D eigenvalue weighted by Crippen LogP contribution is 2.20. The van der Waals surface area contributed by atoms with Crippen LogP contribution in [0, 0.1) is 11.3 Å². The molecular weight excluding hydrogens is 266 g/mol. The zero-order valence-electron chi connectivity index (χ0n) is 9.63. The highest BCUT2D eigenvalue weighted by Gasteiger charge is 2.00. The molecule has 0 fully saturated rings. The average Bonchev–Trinajstić information content (AvgIpc) is 2.29. The molecule has 0 heterocycles. The third-order valence-corrected chi connectivity index (χ3v) is 3.11. The van der Waals surface area contributed by atoms with E-state index >= 15 is 0 Å². The van der Waals surface area contributed by atoms with Crippen LogP contribution in [0.2, 0.25) is 0 Å². The topological polar surface area (TPSA) is 39.1 Å². The Kier molecular flexibility index (Phi) is 5.30. The van der Waals surface area contributed by atoms with E-state index < -0.39 is 0 Å². The van der Waals surface area contributed by atoms with Gasteiger partial charge in [0.25, 0.3) is 0 Å². The van der Waals surface area contributed by atoms with Gasteiger partial charge in [0.15, 0.2) is 0 Å². The first-order valence-electron chi connectivity index (χ1n) is 5.29. The first-order valence-corrected chi connectivity index (χ1v) is 6.08. The van der Waals surface area contributed by atoms with Gasteiger partial charge in [-0.05, 0) is 47.7 Å². The molecule has 3 nitrogen and oxygen atoms in total. The molecule has 1 aromatic rings. The standard InChI is InChI=1S/C12H16BrN3/c1-3-16(2)7-6-15-11-5-4-10(9-14)12(13)8-11/h4-5,8,15H,3,6-7H2,1-2H3. The van der Waals surface area contributed by atoms with Crippen molar-refractivity contribution in [2.75, 3.05) is 32.0 Å². The van der Waals surface area contributed by atoms with Crippen molar-refractivity contribution < 1.29 is 0 Å². The molecule has 0 unspecified atom stereocenters. The molecule has 4 heteroatoms. The van der Waals surface area contributed by atoms with Crippen molar-refractivity contribution in [1.82, 2.24) is 4.90 Å². The minimum Gasteiger partial charge on any atom is -0.384 e. The molecule has 1 rings (SSSR count). The Balaban J connectivity index is 2.50. The number of anilines is 1. The average molecular weight is 282 g/mol. The molecule has 0 aliphatic carbocycles. The normalized spacial score (nSPS) is 10.2. The van der Waals surface area contributed by atoms with E-state index in [0.717, 1.165) is 29.8 Å². The van der Waals surface area contributed by atoms with Gasteiger partial charge in [-0.15, -0.1) is 0 Å². The number of likely N-dealkylation sites (N-methyl/N-ethyl adjacent to an activating group) is 1. The number of nitrogens with one attached hydrogen (secondary N) is 1. The summed E-state index contributed by atoms with van der Waals surface area (Å²) in [4.78, 5) is 2.24. The molecule has 0 aliphatic rings. The largest absolute Gasteiger partial charge is 0.384 e. The number of benzene rings is 1. The Bertz CT molecular complexity index is 384. The van der Waals surface area contributed by atoms with Crippen LogP contribution < -0.4 is 5.32 Å². The van der Waals surface area contributed by atoms with Crippen LogP contribution in [0.25, 0.3) is 0 Å². The first kappa shape index (κ1) is 13.0. The number of halogens is 1. The molecule has 1 aromatic carbocycles. The number of nitrogens with zero attached hydrogens (tertiary/aromatic N) is 2. The molecule has 0 saturated heterocycles. The third-order valence-electron chi connectivity index (χ3n) is 2.45. The van der Waals surface area contributed by atoms with Crippen LogP contribution >= 0.6 is 15.9 Å². The first-order chi connectivity index (χ1) is 7.67. The molecule has 86 valence electrons. The van der Waals surface area contributed by atoms with Gasteiger partial charge in [0.1, 0.15) is 6.07 Å².